The summed E-state index contributed by atoms with van der Waals surface area (Å²) in [6, 6.07) is 9.09. The van der Waals surface area contributed by atoms with E-state index in [1.54, 1.807) is 0 Å². The lowest BCUT2D eigenvalue weighted by Gasteiger charge is -2.11. The van der Waals surface area contributed by atoms with Crippen LogP contribution in [0.1, 0.15) is 11.6 Å². The van der Waals surface area contributed by atoms with E-state index in [1.807, 2.05) is 30.3 Å². The van der Waals surface area contributed by atoms with Crippen LogP contribution in [0.4, 0.5) is 0 Å². The van der Waals surface area contributed by atoms with Crippen molar-refractivity contribution in [2.45, 2.75) is 9.83 Å². The lowest BCUT2D eigenvalue weighted by molar-refractivity contribution is 0.305. The van der Waals surface area contributed by atoms with Crippen molar-refractivity contribution < 1.29 is 12.6 Å². The molecule has 4 nitrogen and oxygen atoms in total. The predicted molar refractivity (Wildman–Crippen MR) is 71.1 cm³/mol. The topological polar surface area (TPSA) is 46.4 Å². The second-order valence-corrected chi connectivity index (χ2v) is 7.91. The molecule has 0 radical (unpaired) electrons. The molecule has 1 aromatic carbocycles. The summed E-state index contributed by atoms with van der Waals surface area (Å²) in [5.74, 6) is 0. The van der Waals surface area contributed by atoms with E-state index in [0.717, 1.165) is 5.56 Å². The van der Waals surface area contributed by atoms with E-state index in [2.05, 4.69) is 4.18 Å². The van der Waals surface area contributed by atoms with Gasteiger partial charge in [-0.2, -0.15) is 12.7 Å². The number of nitrogens with zero attached hydrogens (tertiary/aromatic N) is 1. The van der Waals surface area contributed by atoms with Gasteiger partial charge in [-0.05, 0) is 5.56 Å². The van der Waals surface area contributed by atoms with Gasteiger partial charge in [0.15, 0.2) is 0 Å². The Labute approximate surface area is 121 Å². The maximum Gasteiger partial charge on any atom is 0.339 e. The molecule has 100 valence electrons. The van der Waals surface area contributed by atoms with E-state index in [1.165, 1.54) is 4.31 Å². The Hall–Kier alpha value is -0.0400. The number of halogens is 3. The Morgan fingerprint density at radius 3 is 2.44 bits per heavy atom. The van der Waals surface area contributed by atoms with Gasteiger partial charge >= 0.3 is 10.3 Å². The highest BCUT2D eigenvalue weighted by Crippen LogP contribution is 2.38. The summed E-state index contributed by atoms with van der Waals surface area (Å²) >= 11 is 16.3. The van der Waals surface area contributed by atoms with Gasteiger partial charge in [0, 0.05) is 6.54 Å². The Bertz CT molecular complexity index is 515. The molecule has 1 fully saturated rings. The zero-order valence-corrected chi connectivity index (χ0v) is 12.2. The fourth-order valence-corrected chi connectivity index (χ4v) is 3.10. The van der Waals surface area contributed by atoms with Gasteiger partial charge in [0.2, 0.25) is 3.79 Å². The third-order valence-electron chi connectivity index (χ3n) is 2.41. The molecular weight excluding hydrogens is 321 g/mol. The maximum atomic E-state index is 11.8. The van der Waals surface area contributed by atoms with Crippen molar-refractivity contribution in [3.8, 4) is 0 Å². The fourth-order valence-electron chi connectivity index (χ4n) is 1.53. The second-order valence-electron chi connectivity index (χ2n) is 3.83. The van der Waals surface area contributed by atoms with Gasteiger partial charge in [-0.15, -0.1) is 0 Å². The van der Waals surface area contributed by atoms with E-state index in [4.69, 9.17) is 34.8 Å². The minimum absolute atomic E-state index is 0.188. The molecule has 2 unspecified atom stereocenters. The van der Waals surface area contributed by atoms with E-state index in [-0.39, 0.29) is 6.04 Å². The first-order chi connectivity index (χ1) is 8.30. The first-order valence-electron chi connectivity index (χ1n) is 5.07. The van der Waals surface area contributed by atoms with E-state index in [9.17, 15) is 8.42 Å². The normalized spacial score (nSPS) is 23.9. The molecule has 0 amide bonds. The number of alkyl halides is 3. The van der Waals surface area contributed by atoms with Gasteiger partial charge in [-0.25, -0.2) is 0 Å². The van der Waals surface area contributed by atoms with Crippen molar-refractivity contribution in [2.24, 2.45) is 0 Å². The highest BCUT2D eigenvalue weighted by atomic mass is 35.6. The molecule has 0 bridgehead atoms. The smallest absolute Gasteiger partial charge is 0.253 e. The van der Waals surface area contributed by atoms with Gasteiger partial charge in [0.25, 0.3) is 0 Å². The van der Waals surface area contributed by atoms with E-state index in [0.29, 0.717) is 6.54 Å². The van der Waals surface area contributed by atoms with Crippen LogP contribution in [0.25, 0.3) is 0 Å². The van der Waals surface area contributed by atoms with Crippen LogP contribution in [0, 0.1) is 0 Å². The molecule has 1 saturated heterocycles. The zero-order chi connectivity index (χ0) is 13.4. The molecule has 1 heterocycles. The number of hydrogen-bond acceptors (Lipinski definition) is 3. The summed E-state index contributed by atoms with van der Waals surface area (Å²) in [5.41, 5.74) is 0.915. The number of benzene rings is 1. The Balaban J connectivity index is 1.98. The van der Waals surface area contributed by atoms with Crippen molar-refractivity contribution in [1.29, 1.82) is 0 Å². The third-order valence-corrected chi connectivity index (χ3v) is 4.13. The van der Waals surface area contributed by atoms with E-state index < -0.39 is 20.7 Å². The van der Waals surface area contributed by atoms with Crippen molar-refractivity contribution in [3.63, 3.8) is 0 Å². The predicted octanol–water partition coefficient (Wildman–Crippen LogP) is 2.67. The number of hydrogen-bond donors (Lipinski definition) is 0. The summed E-state index contributed by atoms with van der Waals surface area (Å²) < 4.78 is 27.6. The van der Waals surface area contributed by atoms with Crippen LogP contribution in [0.5, 0.6) is 0 Å². The Morgan fingerprint density at radius 2 is 1.89 bits per heavy atom. The molecule has 0 spiro atoms. The van der Waals surface area contributed by atoms with Gasteiger partial charge < -0.3 is 0 Å². The molecular formula is C10H10Cl3NO3S. The Morgan fingerprint density at radius 1 is 1.28 bits per heavy atom. The van der Waals surface area contributed by atoms with Gasteiger partial charge in [0.05, 0.1) is 6.04 Å². The minimum Gasteiger partial charge on any atom is -0.253 e. The van der Waals surface area contributed by atoms with Crippen LogP contribution in [-0.2, 0) is 14.5 Å². The first kappa shape index (κ1) is 14.4. The maximum absolute atomic E-state index is 11.8. The standard InChI is InChI=1S/C10H10Cl3NO3S/c11-10(12,13)7-17-18(15,16)14-6-9(14)8-4-2-1-3-5-8/h1-5,9H,6-7H2. The van der Waals surface area contributed by atoms with Crippen LogP contribution >= 0.6 is 34.8 Å². The van der Waals surface area contributed by atoms with Gasteiger partial charge in [0.1, 0.15) is 6.61 Å². The van der Waals surface area contributed by atoms with Crippen molar-refractivity contribution in [1.82, 2.24) is 4.31 Å². The Kier molecular flexibility index (Phi) is 4.11. The molecule has 0 saturated carbocycles. The highest BCUT2D eigenvalue weighted by molar-refractivity contribution is 7.84. The van der Waals surface area contributed by atoms with Gasteiger partial charge in [-0.1, -0.05) is 65.1 Å². The molecule has 0 aliphatic carbocycles. The molecule has 1 aromatic rings. The lowest BCUT2D eigenvalue weighted by Crippen LogP contribution is -2.22. The summed E-state index contributed by atoms with van der Waals surface area (Å²) in [7, 11) is -3.84. The van der Waals surface area contributed by atoms with Crippen LogP contribution in [-0.4, -0.2) is 29.7 Å². The quantitative estimate of drug-likeness (QED) is 0.630. The lowest BCUT2D eigenvalue weighted by atomic mass is 10.2. The summed E-state index contributed by atoms with van der Waals surface area (Å²) in [4.78, 5) is 0. The first-order valence-corrected chi connectivity index (χ1v) is 7.57. The van der Waals surface area contributed by atoms with Crippen molar-refractivity contribution in [2.75, 3.05) is 13.2 Å². The molecule has 0 aromatic heterocycles. The molecule has 8 heteroatoms. The minimum atomic E-state index is -3.84. The highest BCUT2D eigenvalue weighted by Gasteiger charge is 2.46. The van der Waals surface area contributed by atoms with E-state index >= 15 is 0 Å². The van der Waals surface area contributed by atoms with Crippen LogP contribution < -0.4 is 0 Å². The zero-order valence-electron chi connectivity index (χ0n) is 9.09. The molecule has 2 rings (SSSR count). The molecule has 1 aliphatic heterocycles. The summed E-state index contributed by atoms with van der Waals surface area (Å²) in [6.45, 7) is -0.121. The van der Waals surface area contributed by atoms with Crippen LogP contribution in [0.15, 0.2) is 30.3 Å². The third kappa shape index (κ3) is 3.73. The largest absolute Gasteiger partial charge is 0.339 e. The number of rotatable bonds is 4. The molecule has 1 aliphatic rings. The van der Waals surface area contributed by atoms with Crippen LogP contribution in [0.3, 0.4) is 0 Å². The second kappa shape index (κ2) is 5.15. The fraction of sp³-hybridized carbons (Fsp3) is 0.400. The van der Waals surface area contributed by atoms with Crippen molar-refractivity contribution in [3.05, 3.63) is 35.9 Å². The molecule has 18 heavy (non-hydrogen) atoms. The SMILES string of the molecule is O=S(=O)(OCC(Cl)(Cl)Cl)N1CC1c1ccccc1. The molecule has 2 atom stereocenters. The van der Waals surface area contributed by atoms with Crippen LogP contribution in [0.2, 0.25) is 0 Å². The average Bonchev–Trinajstić information content (AvgIpc) is 3.07. The molecule has 0 N–H and O–H groups in total. The monoisotopic (exact) mass is 329 g/mol. The average molecular weight is 331 g/mol. The summed E-state index contributed by atoms with van der Waals surface area (Å²) in [6.07, 6.45) is 0. The summed E-state index contributed by atoms with van der Waals surface area (Å²) in [5, 5.41) is 0. The van der Waals surface area contributed by atoms with Gasteiger partial charge in [-0.3, -0.25) is 4.18 Å². The van der Waals surface area contributed by atoms with Crippen molar-refractivity contribution >= 4 is 45.1 Å².